The highest BCUT2D eigenvalue weighted by atomic mass is 15.2. The van der Waals surface area contributed by atoms with E-state index in [0.29, 0.717) is 0 Å². The first-order chi connectivity index (χ1) is 9.24. The Labute approximate surface area is 119 Å². The molecule has 0 spiro atoms. The van der Waals surface area contributed by atoms with Crippen molar-refractivity contribution >= 4 is 0 Å². The summed E-state index contributed by atoms with van der Waals surface area (Å²) in [6.45, 7) is 9.89. The summed E-state index contributed by atoms with van der Waals surface area (Å²) < 4.78 is 0. The standard InChI is InChI=1S/C16H33N3/c1-15-5-7-16(8-6-15)17-9-12-18(2)13-14-19-10-3-4-11-19/h15-17H,3-14H2,1-2H3. The molecule has 0 unspecified atom stereocenters. The molecule has 3 heteroatoms. The van der Waals surface area contributed by atoms with Gasteiger partial charge in [0.2, 0.25) is 0 Å². The lowest BCUT2D eigenvalue weighted by molar-refractivity contribution is 0.246. The summed E-state index contributed by atoms with van der Waals surface area (Å²) in [5.74, 6) is 0.959. The highest BCUT2D eigenvalue weighted by Gasteiger charge is 2.17. The van der Waals surface area contributed by atoms with Crippen LogP contribution in [0.3, 0.4) is 0 Å². The summed E-state index contributed by atoms with van der Waals surface area (Å²) in [6.07, 6.45) is 8.43. The molecule has 112 valence electrons. The fraction of sp³-hybridized carbons (Fsp3) is 1.00. The Kier molecular flexibility index (Phi) is 6.62. The number of nitrogens with one attached hydrogen (secondary N) is 1. The van der Waals surface area contributed by atoms with Gasteiger partial charge in [0.25, 0.3) is 0 Å². The Hall–Kier alpha value is -0.120. The largest absolute Gasteiger partial charge is 0.313 e. The number of likely N-dealkylation sites (tertiary alicyclic amines) is 1. The van der Waals surface area contributed by atoms with E-state index in [-0.39, 0.29) is 0 Å². The predicted octanol–water partition coefficient (Wildman–Crippen LogP) is 2.18. The van der Waals surface area contributed by atoms with Crippen LogP contribution in [0.4, 0.5) is 0 Å². The fourth-order valence-electron chi connectivity index (χ4n) is 3.35. The molecule has 1 saturated carbocycles. The van der Waals surface area contributed by atoms with Crippen molar-refractivity contribution in [3.8, 4) is 0 Å². The van der Waals surface area contributed by atoms with E-state index >= 15 is 0 Å². The zero-order valence-corrected chi connectivity index (χ0v) is 13.0. The van der Waals surface area contributed by atoms with Gasteiger partial charge in [-0.25, -0.2) is 0 Å². The zero-order valence-electron chi connectivity index (χ0n) is 13.0. The molecular formula is C16H33N3. The molecule has 1 aliphatic heterocycles. The molecule has 1 saturated heterocycles. The summed E-state index contributed by atoms with van der Waals surface area (Å²) in [4.78, 5) is 5.09. The third-order valence-electron chi connectivity index (χ3n) is 4.94. The molecule has 0 aromatic heterocycles. The van der Waals surface area contributed by atoms with Crippen LogP contribution in [0.25, 0.3) is 0 Å². The van der Waals surface area contributed by atoms with E-state index in [4.69, 9.17) is 0 Å². The van der Waals surface area contributed by atoms with E-state index in [0.717, 1.165) is 18.5 Å². The third kappa shape index (κ3) is 5.80. The smallest absolute Gasteiger partial charge is 0.0109 e. The molecule has 1 aliphatic carbocycles. The number of likely N-dealkylation sites (N-methyl/N-ethyl adjacent to an activating group) is 1. The van der Waals surface area contributed by atoms with Crippen LogP contribution < -0.4 is 5.32 Å². The van der Waals surface area contributed by atoms with Gasteiger partial charge in [-0.1, -0.05) is 6.92 Å². The van der Waals surface area contributed by atoms with Gasteiger partial charge in [0.05, 0.1) is 0 Å². The molecule has 1 N–H and O–H groups in total. The summed E-state index contributed by atoms with van der Waals surface area (Å²) in [7, 11) is 2.26. The minimum atomic E-state index is 0.795. The van der Waals surface area contributed by atoms with E-state index in [1.165, 1.54) is 71.2 Å². The molecule has 19 heavy (non-hydrogen) atoms. The van der Waals surface area contributed by atoms with Gasteiger partial charge >= 0.3 is 0 Å². The van der Waals surface area contributed by atoms with Crippen molar-refractivity contribution in [1.82, 2.24) is 15.1 Å². The van der Waals surface area contributed by atoms with Gasteiger partial charge in [-0.05, 0) is 64.6 Å². The molecule has 0 amide bonds. The number of rotatable bonds is 7. The summed E-state index contributed by atoms with van der Waals surface area (Å²) in [5, 5.41) is 3.75. The Morgan fingerprint density at radius 2 is 1.74 bits per heavy atom. The van der Waals surface area contributed by atoms with Crippen LogP contribution in [0.1, 0.15) is 45.4 Å². The van der Waals surface area contributed by atoms with Crippen molar-refractivity contribution in [3.63, 3.8) is 0 Å². The van der Waals surface area contributed by atoms with Crippen LogP contribution in [-0.4, -0.2) is 62.2 Å². The first-order valence-corrected chi connectivity index (χ1v) is 8.38. The highest BCUT2D eigenvalue weighted by molar-refractivity contribution is 4.75. The van der Waals surface area contributed by atoms with Gasteiger partial charge in [0, 0.05) is 32.2 Å². The number of hydrogen-bond acceptors (Lipinski definition) is 3. The molecular weight excluding hydrogens is 234 g/mol. The summed E-state index contributed by atoms with van der Waals surface area (Å²) in [5.41, 5.74) is 0. The van der Waals surface area contributed by atoms with Crippen LogP contribution in [0.5, 0.6) is 0 Å². The van der Waals surface area contributed by atoms with Crippen molar-refractivity contribution < 1.29 is 0 Å². The molecule has 2 fully saturated rings. The minimum Gasteiger partial charge on any atom is -0.313 e. The normalized spacial score (nSPS) is 29.2. The van der Waals surface area contributed by atoms with E-state index in [2.05, 4.69) is 29.1 Å². The maximum atomic E-state index is 3.75. The van der Waals surface area contributed by atoms with Gasteiger partial charge in [-0.3, -0.25) is 0 Å². The quantitative estimate of drug-likeness (QED) is 0.763. The Morgan fingerprint density at radius 3 is 2.42 bits per heavy atom. The summed E-state index contributed by atoms with van der Waals surface area (Å²) >= 11 is 0. The van der Waals surface area contributed by atoms with Crippen molar-refractivity contribution in [2.24, 2.45) is 5.92 Å². The average Bonchev–Trinajstić information content (AvgIpc) is 2.92. The van der Waals surface area contributed by atoms with Crippen LogP contribution in [0.15, 0.2) is 0 Å². The molecule has 0 bridgehead atoms. The molecule has 3 nitrogen and oxygen atoms in total. The van der Waals surface area contributed by atoms with Crippen LogP contribution in [0.2, 0.25) is 0 Å². The lowest BCUT2D eigenvalue weighted by Gasteiger charge is -2.28. The lowest BCUT2D eigenvalue weighted by Crippen LogP contribution is -2.39. The van der Waals surface area contributed by atoms with Gasteiger partial charge in [0.15, 0.2) is 0 Å². The molecule has 1 heterocycles. The van der Waals surface area contributed by atoms with Crippen LogP contribution >= 0.6 is 0 Å². The van der Waals surface area contributed by atoms with Gasteiger partial charge in [0.1, 0.15) is 0 Å². The summed E-state index contributed by atoms with van der Waals surface area (Å²) in [6, 6.07) is 0.795. The van der Waals surface area contributed by atoms with Crippen molar-refractivity contribution in [2.45, 2.75) is 51.5 Å². The molecule has 2 aliphatic rings. The average molecular weight is 267 g/mol. The van der Waals surface area contributed by atoms with Gasteiger partial charge < -0.3 is 15.1 Å². The zero-order chi connectivity index (χ0) is 13.5. The monoisotopic (exact) mass is 267 g/mol. The Morgan fingerprint density at radius 1 is 1.05 bits per heavy atom. The van der Waals surface area contributed by atoms with Crippen molar-refractivity contribution in [2.75, 3.05) is 46.3 Å². The second-order valence-electron chi connectivity index (χ2n) is 6.76. The molecule has 0 aromatic rings. The minimum absolute atomic E-state index is 0.795. The fourth-order valence-corrected chi connectivity index (χ4v) is 3.35. The lowest BCUT2D eigenvalue weighted by atomic mass is 9.87. The Balaban J connectivity index is 1.47. The molecule has 2 rings (SSSR count). The van der Waals surface area contributed by atoms with E-state index in [1.54, 1.807) is 0 Å². The first kappa shape index (κ1) is 15.3. The van der Waals surface area contributed by atoms with Gasteiger partial charge in [-0.2, -0.15) is 0 Å². The van der Waals surface area contributed by atoms with Gasteiger partial charge in [-0.15, -0.1) is 0 Å². The first-order valence-electron chi connectivity index (χ1n) is 8.38. The van der Waals surface area contributed by atoms with E-state index < -0.39 is 0 Å². The molecule has 0 aromatic carbocycles. The third-order valence-corrected chi connectivity index (χ3v) is 4.94. The molecule has 0 radical (unpaired) electrons. The predicted molar refractivity (Wildman–Crippen MR) is 82.6 cm³/mol. The SMILES string of the molecule is CC1CCC(NCCN(C)CCN2CCCC2)CC1. The van der Waals surface area contributed by atoms with Crippen molar-refractivity contribution in [1.29, 1.82) is 0 Å². The van der Waals surface area contributed by atoms with E-state index in [1.807, 2.05) is 0 Å². The van der Waals surface area contributed by atoms with Crippen LogP contribution in [0, 0.1) is 5.92 Å². The number of nitrogens with zero attached hydrogens (tertiary/aromatic N) is 2. The highest BCUT2D eigenvalue weighted by Crippen LogP contribution is 2.23. The Bertz CT molecular complexity index is 230. The van der Waals surface area contributed by atoms with Crippen LogP contribution in [-0.2, 0) is 0 Å². The topological polar surface area (TPSA) is 18.5 Å². The molecule has 0 atom stereocenters. The second kappa shape index (κ2) is 8.23. The number of hydrogen-bond donors (Lipinski definition) is 1. The van der Waals surface area contributed by atoms with Crippen molar-refractivity contribution in [3.05, 3.63) is 0 Å². The second-order valence-corrected chi connectivity index (χ2v) is 6.76. The maximum absolute atomic E-state index is 3.75. The maximum Gasteiger partial charge on any atom is 0.0109 e. The van der Waals surface area contributed by atoms with E-state index in [9.17, 15) is 0 Å².